The first-order valence-corrected chi connectivity index (χ1v) is 14.9. The number of hydrogen-bond donors (Lipinski definition) is 3. The number of nitrogens with one attached hydrogen (secondary N) is 3. The molecular weight excluding hydrogens is 563 g/mol. The molecule has 0 aliphatic heterocycles. The van der Waals surface area contributed by atoms with Crippen molar-refractivity contribution in [2.45, 2.75) is 19.3 Å². The van der Waals surface area contributed by atoms with Crippen LogP contribution in [-0.2, 0) is 27.2 Å². The van der Waals surface area contributed by atoms with Crippen LogP contribution in [0.3, 0.4) is 0 Å². The molecule has 3 aromatic carbocycles. The number of nitrogens with zero attached hydrogens (tertiary/aromatic N) is 1. The van der Waals surface area contributed by atoms with E-state index in [4.69, 9.17) is 4.74 Å². The molecule has 2 aromatic heterocycles. The summed E-state index contributed by atoms with van der Waals surface area (Å²) in [6, 6.07) is 26.1. The zero-order chi connectivity index (χ0) is 30.0. The first-order chi connectivity index (χ1) is 21.0. The second-order valence-corrected chi connectivity index (χ2v) is 11.2. The molecule has 0 saturated heterocycles. The summed E-state index contributed by atoms with van der Waals surface area (Å²) >= 11 is 1.65. The number of halogens is 1. The quantitative estimate of drug-likeness (QED) is 0.108. The lowest BCUT2D eigenvalue weighted by Gasteiger charge is -2.09. The van der Waals surface area contributed by atoms with E-state index in [1.54, 1.807) is 61.0 Å². The third-order valence-corrected chi connectivity index (χ3v) is 8.15. The van der Waals surface area contributed by atoms with Crippen LogP contribution < -0.4 is 16.0 Å². The third-order valence-electron chi connectivity index (χ3n) is 6.90. The van der Waals surface area contributed by atoms with E-state index in [1.165, 1.54) is 11.6 Å². The van der Waals surface area contributed by atoms with Gasteiger partial charge in [0.05, 0.1) is 16.8 Å². The van der Waals surface area contributed by atoms with Gasteiger partial charge in [-0.25, -0.2) is 4.39 Å². The van der Waals surface area contributed by atoms with Crippen LogP contribution in [0.5, 0.6) is 0 Å². The molecular formula is C34H33FN4O3S. The molecule has 9 heteroatoms. The number of fused-ring (bicyclic) bond motifs is 1. The molecule has 0 aliphatic rings. The van der Waals surface area contributed by atoms with Crippen LogP contribution in [-0.4, -0.2) is 43.6 Å². The minimum absolute atomic E-state index is 0.297. The normalized spacial score (nSPS) is 11.0. The van der Waals surface area contributed by atoms with Gasteiger partial charge in [0.15, 0.2) is 0 Å². The molecule has 0 aliphatic carbocycles. The van der Waals surface area contributed by atoms with E-state index in [1.807, 2.05) is 12.1 Å². The van der Waals surface area contributed by atoms with E-state index in [9.17, 15) is 9.59 Å². The van der Waals surface area contributed by atoms with Crippen LogP contribution in [0.2, 0.25) is 0 Å². The number of anilines is 2. The minimum atomic E-state index is -0.519. The lowest BCUT2D eigenvalue weighted by Crippen LogP contribution is -2.21. The molecule has 0 radical (unpaired) electrons. The standard InChI is InChI=1S/C34H33FN4O3S/c1-42-18-17-36-15-13-23-7-9-24(10-8-23)31-21-30-34(43-31)26(14-16-37-30)19-25-11-12-28(20-29(25)35)39-33(41)22-32(40)38-27-5-3-2-4-6-27/h2-12,14,16,20-21,36H,13,15,17-19,22H2,1H3,(H,38,40)(H,39,41). The molecule has 0 saturated carbocycles. The number of amides is 2. The number of carbonyl (C=O) groups excluding carboxylic acids is 2. The van der Waals surface area contributed by atoms with E-state index >= 15 is 4.39 Å². The minimum Gasteiger partial charge on any atom is -0.383 e. The van der Waals surface area contributed by atoms with Crippen molar-refractivity contribution < 1.29 is 18.7 Å². The molecule has 0 unspecified atom stereocenters. The molecule has 3 N–H and O–H groups in total. The van der Waals surface area contributed by atoms with Crippen molar-refractivity contribution in [2.24, 2.45) is 0 Å². The molecule has 0 spiro atoms. The summed E-state index contributed by atoms with van der Waals surface area (Å²) in [5.41, 5.74) is 5.65. The average molecular weight is 597 g/mol. The first-order valence-electron chi connectivity index (χ1n) is 14.1. The van der Waals surface area contributed by atoms with Crippen molar-refractivity contribution in [3.8, 4) is 10.4 Å². The Morgan fingerprint density at radius 2 is 1.63 bits per heavy atom. The fourth-order valence-corrected chi connectivity index (χ4v) is 5.82. The molecule has 7 nitrogen and oxygen atoms in total. The number of methoxy groups -OCH3 is 1. The highest BCUT2D eigenvalue weighted by atomic mass is 32.1. The van der Waals surface area contributed by atoms with Gasteiger partial charge in [0.2, 0.25) is 11.8 Å². The van der Waals surface area contributed by atoms with Crippen LogP contribution in [0.4, 0.5) is 15.8 Å². The van der Waals surface area contributed by atoms with Crippen LogP contribution in [0.25, 0.3) is 20.7 Å². The highest BCUT2D eigenvalue weighted by Gasteiger charge is 2.14. The maximum absolute atomic E-state index is 15.1. The van der Waals surface area contributed by atoms with E-state index in [0.29, 0.717) is 30.0 Å². The molecule has 5 aromatic rings. The fraction of sp³-hybridized carbons (Fsp3) is 0.206. The van der Waals surface area contributed by atoms with E-state index in [-0.39, 0.29) is 6.42 Å². The van der Waals surface area contributed by atoms with Crippen LogP contribution in [0.1, 0.15) is 23.1 Å². The topological polar surface area (TPSA) is 92.3 Å². The highest BCUT2D eigenvalue weighted by molar-refractivity contribution is 7.22. The van der Waals surface area contributed by atoms with Crippen molar-refractivity contribution in [3.63, 3.8) is 0 Å². The Bertz CT molecular complexity index is 1690. The van der Waals surface area contributed by atoms with E-state index < -0.39 is 17.6 Å². The molecule has 0 fully saturated rings. The van der Waals surface area contributed by atoms with Gasteiger partial charge in [-0.3, -0.25) is 14.6 Å². The number of carbonyl (C=O) groups is 2. The SMILES string of the molecule is COCCNCCc1ccc(-c2cc3nccc(Cc4ccc(NC(=O)CC(=O)Nc5ccccc5)cc4F)c3s2)cc1. The van der Waals surface area contributed by atoms with Gasteiger partial charge in [0.25, 0.3) is 0 Å². The van der Waals surface area contributed by atoms with E-state index in [0.717, 1.165) is 45.7 Å². The fourth-order valence-electron chi connectivity index (χ4n) is 4.69. The molecule has 43 heavy (non-hydrogen) atoms. The zero-order valence-electron chi connectivity index (χ0n) is 23.9. The average Bonchev–Trinajstić information content (AvgIpc) is 3.45. The van der Waals surface area contributed by atoms with E-state index in [2.05, 4.69) is 51.3 Å². The molecule has 5 rings (SSSR count). The van der Waals surface area contributed by atoms with Gasteiger partial charge in [-0.1, -0.05) is 48.5 Å². The maximum Gasteiger partial charge on any atom is 0.233 e. The van der Waals surface area contributed by atoms with Gasteiger partial charge >= 0.3 is 0 Å². The molecule has 2 heterocycles. The Hall–Kier alpha value is -4.44. The van der Waals surface area contributed by atoms with Crippen LogP contribution in [0, 0.1) is 5.82 Å². The monoisotopic (exact) mass is 596 g/mol. The second-order valence-electron chi connectivity index (χ2n) is 10.1. The van der Waals surface area contributed by atoms with Crippen LogP contribution >= 0.6 is 11.3 Å². The number of para-hydroxylation sites is 1. The maximum atomic E-state index is 15.1. The van der Waals surface area contributed by atoms with Crippen LogP contribution in [0.15, 0.2) is 91.1 Å². The summed E-state index contributed by atoms with van der Waals surface area (Å²) in [6.07, 6.45) is 2.71. The predicted molar refractivity (Wildman–Crippen MR) is 171 cm³/mol. The predicted octanol–water partition coefficient (Wildman–Crippen LogP) is 6.44. The number of rotatable bonds is 13. The first kappa shape index (κ1) is 30.0. The summed E-state index contributed by atoms with van der Waals surface area (Å²) in [5, 5.41) is 8.64. The number of aromatic nitrogens is 1. The Labute approximate surface area is 254 Å². The van der Waals surface area contributed by atoms with Gasteiger partial charge < -0.3 is 20.7 Å². The van der Waals surface area contributed by atoms with Crippen molar-refractivity contribution in [1.29, 1.82) is 0 Å². The number of ether oxygens (including phenoxy) is 1. The Morgan fingerprint density at radius 3 is 2.37 bits per heavy atom. The summed E-state index contributed by atoms with van der Waals surface area (Å²) < 4.78 is 21.2. The summed E-state index contributed by atoms with van der Waals surface area (Å²) in [6.45, 7) is 2.44. The number of pyridine rings is 1. The van der Waals surface area contributed by atoms with Gasteiger partial charge in [0, 0.05) is 42.5 Å². The van der Waals surface area contributed by atoms with Crippen molar-refractivity contribution in [3.05, 3.63) is 114 Å². The zero-order valence-corrected chi connectivity index (χ0v) is 24.7. The number of hydrogen-bond acceptors (Lipinski definition) is 6. The van der Waals surface area contributed by atoms with Gasteiger partial charge in [-0.2, -0.15) is 0 Å². The lowest BCUT2D eigenvalue weighted by molar-refractivity contribution is -0.123. The lowest BCUT2D eigenvalue weighted by atomic mass is 10.0. The van der Waals surface area contributed by atoms with Crippen molar-refractivity contribution in [2.75, 3.05) is 37.4 Å². The van der Waals surface area contributed by atoms with Crippen molar-refractivity contribution in [1.82, 2.24) is 10.3 Å². The smallest absolute Gasteiger partial charge is 0.233 e. The van der Waals surface area contributed by atoms with Gasteiger partial charge in [-0.15, -0.1) is 11.3 Å². The van der Waals surface area contributed by atoms with Gasteiger partial charge in [-0.05, 0) is 71.6 Å². The summed E-state index contributed by atoms with van der Waals surface area (Å²) in [5.74, 6) is -1.39. The Kier molecular flexibility index (Phi) is 10.2. The molecule has 220 valence electrons. The highest BCUT2D eigenvalue weighted by Crippen LogP contribution is 2.35. The molecule has 0 bridgehead atoms. The number of thiophene rings is 1. The molecule has 2 amide bonds. The Balaban J connectivity index is 1.21. The Morgan fingerprint density at radius 1 is 0.860 bits per heavy atom. The number of benzene rings is 3. The van der Waals surface area contributed by atoms with Crippen molar-refractivity contribution >= 4 is 44.7 Å². The molecule has 0 atom stereocenters. The summed E-state index contributed by atoms with van der Waals surface area (Å²) in [4.78, 5) is 30.2. The van der Waals surface area contributed by atoms with Gasteiger partial charge in [0.1, 0.15) is 12.2 Å². The largest absolute Gasteiger partial charge is 0.383 e. The second kappa shape index (κ2) is 14.6. The third kappa shape index (κ3) is 8.32. The summed E-state index contributed by atoms with van der Waals surface area (Å²) in [7, 11) is 1.70.